The highest BCUT2D eigenvalue weighted by atomic mass is 16.5. The molecule has 0 aromatic rings. The van der Waals surface area contributed by atoms with Crippen LogP contribution < -0.4 is 0 Å². The van der Waals surface area contributed by atoms with Crippen LogP contribution in [0.2, 0.25) is 0 Å². The topological polar surface area (TPSA) is 9.23 Å². The minimum atomic E-state index is 0.481. The summed E-state index contributed by atoms with van der Waals surface area (Å²) in [6, 6.07) is 0. The lowest BCUT2D eigenvalue weighted by atomic mass is 9.82. The molecule has 1 heteroatoms. The molecule has 0 bridgehead atoms. The Morgan fingerprint density at radius 3 is 2.70 bits per heavy atom. The van der Waals surface area contributed by atoms with Crippen LogP contribution in [0.3, 0.4) is 0 Å². The molecule has 0 aliphatic heterocycles. The van der Waals surface area contributed by atoms with E-state index in [4.69, 9.17) is 4.74 Å². The fourth-order valence-electron chi connectivity index (χ4n) is 1.95. The molecule has 1 saturated carbocycles. The van der Waals surface area contributed by atoms with E-state index in [0.29, 0.717) is 5.41 Å². The van der Waals surface area contributed by atoms with Gasteiger partial charge in [-0.3, -0.25) is 0 Å². The van der Waals surface area contributed by atoms with Crippen LogP contribution in [0.25, 0.3) is 0 Å². The highest BCUT2D eigenvalue weighted by Gasteiger charge is 2.35. The van der Waals surface area contributed by atoms with Crippen LogP contribution in [-0.4, -0.2) is 13.7 Å². The summed E-state index contributed by atoms with van der Waals surface area (Å²) in [5, 5.41) is 0. The molecule has 0 saturated heterocycles. The normalized spacial score (nSPS) is 40.5. The lowest BCUT2D eigenvalue weighted by Gasteiger charge is -2.27. The van der Waals surface area contributed by atoms with E-state index in [9.17, 15) is 0 Å². The van der Waals surface area contributed by atoms with Gasteiger partial charge in [0.25, 0.3) is 0 Å². The van der Waals surface area contributed by atoms with Crippen molar-refractivity contribution in [3.63, 3.8) is 0 Å². The molecule has 1 nitrogen and oxygen atoms in total. The van der Waals surface area contributed by atoms with Crippen molar-refractivity contribution in [1.29, 1.82) is 0 Å². The second-order valence-corrected chi connectivity index (χ2v) is 3.88. The largest absolute Gasteiger partial charge is 0.384 e. The Morgan fingerprint density at radius 1 is 1.60 bits per heavy atom. The van der Waals surface area contributed by atoms with Crippen LogP contribution in [0, 0.1) is 11.3 Å². The van der Waals surface area contributed by atoms with Gasteiger partial charge in [-0.05, 0) is 17.8 Å². The summed E-state index contributed by atoms with van der Waals surface area (Å²) in [5.74, 6) is 0.854. The van der Waals surface area contributed by atoms with E-state index < -0.39 is 0 Å². The molecular formula is C9H18O. The molecule has 1 fully saturated rings. The molecule has 0 radical (unpaired) electrons. The van der Waals surface area contributed by atoms with Gasteiger partial charge in [0.15, 0.2) is 0 Å². The third kappa shape index (κ3) is 1.34. The highest BCUT2D eigenvalue weighted by Crippen LogP contribution is 2.42. The Balaban J connectivity index is 2.48. The number of rotatable bonds is 2. The standard InChI is InChI=1S/C9H18O/c1-8-5-4-6-9(8,2)7-10-3/h8H,4-7H2,1-3H3. The maximum absolute atomic E-state index is 5.20. The molecule has 0 spiro atoms. The lowest BCUT2D eigenvalue weighted by molar-refractivity contribution is 0.0689. The molecule has 0 N–H and O–H groups in total. The molecule has 60 valence electrons. The van der Waals surface area contributed by atoms with E-state index in [1.165, 1.54) is 19.3 Å². The van der Waals surface area contributed by atoms with Crippen molar-refractivity contribution in [3.05, 3.63) is 0 Å². The van der Waals surface area contributed by atoms with E-state index in [1.54, 1.807) is 7.11 Å². The van der Waals surface area contributed by atoms with Gasteiger partial charge in [0, 0.05) is 7.11 Å². The summed E-state index contributed by atoms with van der Waals surface area (Å²) in [7, 11) is 1.80. The van der Waals surface area contributed by atoms with Crippen LogP contribution in [-0.2, 0) is 4.74 Å². The molecule has 1 rings (SSSR count). The van der Waals surface area contributed by atoms with Crippen molar-refractivity contribution in [3.8, 4) is 0 Å². The third-order valence-corrected chi connectivity index (χ3v) is 3.05. The lowest BCUT2D eigenvalue weighted by Crippen LogP contribution is -2.24. The Labute approximate surface area is 63.8 Å². The average Bonchev–Trinajstić information content (AvgIpc) is 2.15. The van der Waals surface area contributed by atoms with E-state index in [0.717, 1.165) is 12.5 Å². The fraction of sp³-hybridized carbons (Fsp3) is 1.00. The number of hydrogen-bond acceptors (Lipinski definition) is 1. The second-order valence-electron chi connectivity index (χ2n) is 3.88. The van der Waals surface area contributed by atoms with Gasteiger partial charge in [-0.25, -0.2) is 0 Å². The highest BCUT2D eigenvalue weighted by molar-refractivity contribution is 4.85. The zero-order valence-electron chi connectivity index (χ0n) is 7.31. The molecule has 2 unspecified atom stereocenters. The van der Waals surface area contributed by atoms with Crippen molar-refractivity contribution in [2.24, 2.45) is 11.3 Å². The second kappa shape index (κ2) is 2.91. The molecule has 0 heterocycles. The number of ether oxygens (including phenoxy) is 1. The van der Waals surface area contributed by atoms with Gasteiger partial charge in [0.05, 0.1) is 6.61 Å². The van der Waals surface area contributed by atoms with Crippen LogP contribution >= 0.6 is 0 Å². The minimum absolute atomic E-state index is 0.481. The van der Waals surface area contributed by atoms with Gasteiger partial charge in [-0.1, -0.05) is 26.7 Å². The maximum Gasteiger partial charge on any atom is 0.0518 e. The van der Waals surface area contributed by atoms with Crippen LogP contribution in [0.5, 0.6) is 0 Å². The number of methoxy groups -OCH3 is 1. The Kier molecular flexibility index (Phi) is 2.35. The first kappa shape index (κ1) is 8.06. The van der Waals surface area contributed by atoms with Crippen molar-refractivity contribution < 1.29 is 4.74 Å². The first-order chi connectivity index (χ1) is 4.69. The Morgan fingerprint density at radius 2 is 2.30 bits per heavy atom. The van der Waals surface area contributed by atoms with Crippen LogP contribution in [0.1, 0.15) is 33.1 Å². The zero-order valence-corrected chi connectivity index (χ0v) is 7.31. The van der Waals surface area contributed by atoms with Crippen molar-refractivity contribution in [2.75, 3.05) is 13.7 Å². The van der Waals surface area contributed by atoms with E-state index in [2.05, 4.69) is 13.8 Å². The summed E-state index contributed by atoms with van der Waals surface area (Å²) in [6.45, 7) is 5.62. The van der Waals surface area contributed by atoms with Gasteiger partial charge in [0.1, 0.15) is 0 Å². The van der Waals surface area contributed by atoms with Crippen molar-refractivity contribution in [1.82, 2.24) is 0 Å². The van der Waals surface area contributed by atoms with Gasteiger partial charge >= 0.3 is 0 Å². The number of hydrogen-bond donors (Lipinski definition) is 0. The molecule has 1 aliphatic carbocycles. The average molecular weight is 142 g/mol. The molecule has 0 amide bonds. The predicted octanol–water partition coefficient (Wildman–Crippen LogP) is 2.46. The predicted molar refractivity (Wildman–Crippen MR) is 43.0 cm³/mol. The van der Waals surface area contributed by atoms with Crippen LogP contribution in [0.15, 0.2) is 0 Å². The summed E-state index contributed by atoms with van der Waals surface area (Å²) in [5.41, 5.74) is 0.481. The van der Waals surface area contributed by atoms with E-state index in [1.807, 2.05) is 0 Å². The minimum Gasteiger partial charge on any atom is -0.384 e. The van der Waals surface area contributed by atoms with Gasteiger partial charge in [-0.15, -0.1) is 0 Å². The first-order valence-corrected chi connectivity index (χ1v) is 4.18. The van der Waals surface area contributed by atoms with Crippen molar-refractivity contribution in [2.45, 2.75) is 33.1 Å². The monoisotopic (exact) mass is 142 g/mol. The summed E-state index contributed by atoms with van der Waals surface area (Å²) in [6.07, 6.45) is 4.13. The fourth-order valence-corrected chi connectivity index (χ4v) is 1.95. The molecule has 1 aliphatic rings. The molecular weight excluding hydrogens is 124 g/mol. The Bertz CT molecular complexity index is 111. The molecule has 0 aromatic carbocycles. The van der Waals surface area contributed by atoms with Crippen molar-refractivity contribution >= 4 is 0 Å². The zero-order chi connectivity index (χ0) is 7.61. The smallest absolute Gasteiger partial charge is 0.0518 e. The van der Waals surface area contributed by atoms with E-state index >= 15 is 0 Å². The quantitative estimate of drug-likeness (QED) is 0.575. The summed E-state index contributed by atoms with van der Waals surface area (Å²) >= 11 is 0. The maximum atomic E-state index is 5.20. The van der Waals surface area contributed by atoms with E-state index in [-0.39, 0.29) is 0 Å². The van der Waals surface area contributed by atoms with Gasteiger partial charge < -0.3 is 4.74 Å². The van der Waals surface area contributed by atoms with Gasteiger partial charge in [-0.2, -0.15) is 0 Å². The Hall–Kier alpha value is -0.0400. The molecule has 2 atom stereocenters. The SMILES string of the molecule is COCC1(C)CCCC1C. The summed E-state index contributed by atoms with van der Waals surface area (Å²) in [4.78, 5) is 0. The summed E-state index contributed by atoms with van der Waals surface area (Å²) < 4.78 is 5.20. The molecule has 0 aromatic heterocycles. The first-order valence-electron chi connectivity index (χ1n) is 4.18. The van der Waals surface area contributed by atoms with Crippen LogP contribution in [0.4, 0.5) is 0 Å². The molecule has 10 heavy (non-hydrogen) atoms. The third-order valence-electron chi connectivity index (χ3n) is 3.05. The van der Waals surface area contributed by atoms with Gasteiger partial charge in [0.2, 0.25) is 0 Å².